The minimum atomic E-state index is 0.667. The van der Waals surface area contributed by atoms with E-state index in [0.717, 1.165) is 23.9 Å². The predicted octanol–water partition coefficient (Wildman–Crippen LogP) is 3.26. The Morgan fingerprint density at radius 3 is 2.40 bits per heavy atom. The molecule has 1 aromatic carbocycles. The molecule has 1 aliphatic rings. The minimum absolute atomic E-state index is 0.667. The van der Waals surface area contributed by atoms with E-state index in [1.165, 1.54) is 24.8 Å². The molecule has 0 heterocycles. The fourth-order valence-corrected chi connectivity index (χ4v) is 2.40. The van der Waals surface area contributed by atoms with Crippen LogP contribution in [-0.2, 0) is 6.42 Å². The van der Waals surface area contributed by atoms with Crippen molar-refractivity contribution < 1.29 is 0 Å². The van der Waals surface area contributed by atoms with Crippen LogP contribution in [0.1, 0.15) is 24.8 Å². The molecule has 1 aliphatic carbocycles. The largest absolute Gasteiger partial charge is 0.330 e. The van der Waals surface area contributed by atoms with Crippen molar-refractivity contribution in [3.8, 4) is 0 Å². The first-order valence-corrected chi connectivity index (χ1v) is 6.12. The van der Waals surface area contributed by atoms with Gasteiger partial charge in [0.15, 0.2) is 0 Å². The average Bonchev–Trinajstić information content (AvgIpc) is 2.17. The SMILES string of the molecule is NCC(Cc1ccc(Cl)cc1)C1CCC1. The Bertz CT molecular complexity index is 303. The molecule has 0 aromatic heterocycles. The Hall–Kier alpha value is -0.530. The standard InChI is InChI=1S/C13H18ClN/c14-13-6-4-10(5-7-13)8-12(9-15)11-2-1-3-11/h4-7,11-12H,1-3,8-9,15H2. The van der Waals surface area contributed by atoms with Crippen molar-refractivity contribution in [2.24, 2.45) is 17.6 Å². The Balaban J connectivity index is 1.96. The zero-order chi connectivity index (χ0) is 10.7. The van der Waals surface area contributed by atoms with Gasteiger partial charge in [0, 0.05) is 5.02 Å². The predicted molar refractivity (Wildman–Crippen MR) is 65.0 cm³/mol. The van der Waals surface area contributed by atoms with Gasteiger partial charge in [-0.2, -0.15) is 0 Å². The summed E-state index contributed by atoms with van der Waals surface area (Å²) in [7, 11) is 0. The molecule has 1 saturated carbocycles. The second-order valence-corrected chi connectivity index (χ2v) is 4.95. The van der Waals surface area contributed by atoms with Crippen molar-refractivity contribution in [1.82, 2.24) is 0 Å². The smallest absolute Gasteiger partial charge is 0.0406 e. The van der Waals surface area contributed by atoms with Crippen LogP contribution in [0.15, 0.2) is 24.3 Å². The Morgan fingerprint density at radius 1 is 1.27 bits per heavy atom. The molecule has 2 rings (SSSR count). The Kier molecular flexibility index (Phi) is 3.66. The zero-order valence-corrected chi connectivity index (χ0v) is 9.71. The van der Waals surface area contributed by atoms with Crippen LogP contribution in [0.4, 0.5) is 0 Å². The summed E-state index contributed by atoms with van der Waals surface area (Å²) in [5.74, 6) is 1.53. The molecule has 1 fully saturated rings. The van der Waals surface area contributed by atoms with E-state index in [0.29, 0.717) is 5.92 Å². The second kappa shape index (κ2) is 5.00. The van der Waals surface area contributed by atoms with Gasteiger partial charge in [-0.05, 0) is 42.5 Å². The molecule has 0 saturated heterocycles. The number of hydrogen-bond donors (Lipinski definition) is 1. The molecule has 2 N–H and O–H groups in total. The first-order chi connectivity index (χ1) is 7.29. The van der Waals surface area contributed by atoms with Crippen molar-refractivity contribution in [2.75, 3.05) is 6.54 Å². The first-order valence-electron chi connectivity index (χ1n) is 5.74. The van der Waals surface area contributed by atoms with E-state index in [1.54, 1.807) is 0 Å². The highest BCUT2D eigenvalue weighted by Crippen LogP contribution is 2.34. The van der Waals surface area contributed by atoms with Crippen molar-refractivity contribution >= 4 is 11.6 Å². The summed E-state index contributed by atoms with van der Waals surface area (Å²) in [6.07, 6.45) is 5.24. The van der Waals surface area contributed by atoms with Gasteiger partial charge in [-0.15, -0.1) is 0 Å². The Labute approximate surface area is 96.6 Å². The van der Waals surface area contributed by atoms with Gasteiger partial charge in [-0.3, -0.25) is 0 Å². The number of halogens is 1. The van der Waals surface area contributed by atoms with Crippen molar-refractivity contribution in [2.45, 2.75) is 25.7 Å². The molecule has 0 spiro atoms. The lowest BCUT2D eigenvalue weighted by Gasteiger charge is -2.33. The molecule has 1 unspecified atom stereocenters. The van der Waals surface area contributed by atoms with E-state index in [2.05, 4.69) is 12.1 Å². The maximum absolute atomic E-state index is 5.86. The fraction of sp³-hybridized carbons (Fsp3) is 0.538. The van der Waals surface area contributed by atoms with Crippen LogP contribution in [0.25, 0.3) is 0 Å². The fourth-order valence-electron chi connectivity index (χ4n) is 2.28. The minimum Gasteiger partial charge on any atom is -0.330 e. The summed E-state index contributed by atoms with van der Waals surface area (Å²) in [6.45, 7) is 0.813. The lowest BCUT2D eigenvalue weighted by molar-refractivity contribution is 0.209. The van der Waals surface area contributed by atoms with Gasteiger partial charge in [-0.1, -0.05) is 43.0 Å². The lowest BCUT2D eigenvalue weighted by Crippen LogP contribution is -2.30. The summed E-state index contributed by atoms with van der Waals surface area (Å²) in [5, 5.41) is 0.812. The monoisotopic (exact) mass is 223 g/mol. The van der Waals surface area contributed by atoms with Crippen LogP contribution in [0.5, 0.6) is 0 Å². The third-order valence-electron chi connectivity index (χ3n) is 3.53. The number of hydrogen-bond acceptors (Lipinski definition) is 1. The van der Waals surface area contributed by atoms with E-state index in [4.69, 9.17) is 17.3 Å². The van der Waals surface area contributed by atoms with Crippen molar-refractivity contribution in [3.63, 3.8) is 0 Å². The topological polar surface area (TPSA) is 26.0 Å². The van der Waals surface area contributed by atoms with Gasteiger partial charge >= 0.3 is 0 Å². The Morgan fingerprint density at radius 2 is 1.93 bits per heavy atom. The molecule has 0 radical (unpaired) electrons. The van der Waals surface area contributed by atoms with E-state index in [1.807, 2.05) is 12.1 Å². The summed E-state index contributed by atoms with van der Waals surface area (Å²) in [4.78, 5) is 0. The lowest BCUT2D eigenvalue weighted by atomic mass is 9.73. The molecular formula is C13H18ClN. The molecule has 0 bridgehead atoms. The quantitative estimate of drug-likeness (QED) is 0.833. The number of nitrogens with two attached hydrogens (primary N) is 1. The van der Waals surface area contributed by atoms with E-state index < -0.39 is 0 Å². The van der Waals surface area contributed by atoms with Gasteiger partial charge < -0.3 is 5.73 Å². The van der Waals surface area contributed by atoms with Crippen LogP contribution in [-0.4, -0.2) is 6.54 Å². The van der Waals surface area contributed by atoms with E-state index >= 15 is 0 Å². The number of benzene rings is 1. The zero-order valence-electron chi connectivity index (χ0n) is 8.95. The summed E-state index contributed by atoms with van der Waals surface area (Å²) in [5.41, 5.74) is 7.20. The molecule has 1 aromatic rings. The van der Waals surface area contributed by atoms with Crippen LogP contribution >= 0.6 is 11.6 Å². The molecule has 1 nitrogen and oxygen atoms in total. The third kappa shape index (κ3) is 2.73. The molecular weight excluding hydrogens is 206 g/mol. The molecule has 15 heavy (non-hydrogen) atoms. The normalized spacial score (nSPS) is 18.5. The van der Waals surface area contributed by atoms with Crippen molar-refractivity contribution in [1.29, 1.82) is 0 Å². The highest BCUT2D eigenvalue weighted by atomic mass is 35.5. The van der Waals surface area contributed by atoms with Crippen molar-refractivity contribution in [3.05, 3.63) is 34.9 Å². The average molecular weight is 224 g/mol. The van der Waals surface area contributed by atoms with Crippen LogP contribution in [0, 0.1) is 11.8 Å². The third-order valence-corrected chi connectivity index (χ3v) is 3.78. The highest BCUT2D eigenvalue weighted by Gasteiger charge is 2.26. The van der Waals surface area contributed by atoms with Crippen LogP contribution in [0.2, 0.25) is 5.02 Å². The first kappa shape index (κ1) is 11.0. The van der Waals surface area contributed by atoms with E-state index in [-0.39, 0.29) is 0 Å². The van der Waals surface area contributed by atoms with Gasteiger partial charge in [0.1, 0.15) is 0 Å². The van der Waals surface area contributed by atoms with Gasteiger partial charge in [0.25, 0.3) is 0 Å². The maximum atomic E-state index is 5.86. The van der Waals surface area contributed by atoms with E-state index in [9.17, 15) is 0 Å². The summed E-state index contributed by atoms with van der Waals surface area (Å²) >= 11 is 5.86. The van der Waals surface area contributed by atoms with Gasteiger partial charge in [0.2, 0.25) is 0 Å². The van der Waals surface area contributed by atoms with Crippen LogP contribution in [0.3, 0.4) is 0 Å². The number of rotatable bonds is 4. The molecule has 82 valence electrons. The second-order valence-electron chi connectivity index (χ2n) is 4.52. The molecule has 0 amide bonds. The molecule has 2 heteroatoms. The maximum Gasteiger partial charge on any atom is 0.0406 e. The highest BCUT2D eigenvalue weighted by molar-refractivity contribution is 6.30. The summed E-state index contributed by atoms with van der Waals surface area (Å²) in [6, 6.07) is 8.16. The van der Waals surface area contributed by atoms with Gasteiger partial charge in [0.05, 0.1) is 0 Å². The molecule has 0 aliphatic heterocycles. The molecule has 1 atom stereocenters. The summed E-state index contributed by atoms with van der Waals surface area (Å²) < 4.78 is 0. The van der Waals surface area contributed by atoms with Gasteiger partial charge in [-0.25, -0.2) is 0 Å². The van der Waals surface area contributed by atoms with Crippen LogP contribution < -0.4 is 5.73 Å².